The second-order valence-electron chi connectivity index (χ2n) is 7.96. The number of aliphatic hydroxyl groups excluding tert-OH is 1. The first kappa shape index (κ1) is 18.4. The lowest BCUT2D eigenvalue weighted by molar-refractivity contribution is 0.0567. The summed E-state index contributed by atoms with van der Waals surface area (Å²) in [4.78, 5) is 28.3. The summed E-state index contributed by atoms with van der Waals surface area (Å²) in [5, 5.41) is 12.8. The van der Waals surface area contributed by atoms with E-state index in [9.17, 15) is 9.90 Å². The molecule has 0 saturated carbocycles. The van der Waals surface area contributed by atoms with Crippen LogP contribution in [0.25, 0.3) is 10.8 Å². The van der Waals surface area contributed by atoms with Gasteiger partial charge in [0.25, 0.3) is 5.91 Å². The highest BCUT2D eigenvalue weighted by Gasteiger charge is 2.57. The topological polar surface area (TPSA) is 79.2 Å². The molecule has 1 amide bonds. The van der Waals surface area contributed by atoms with Crippen molar-refractivity contribution in [1.29, 1.82) is 0 Å². The summed E-state index contributed by atoms with van der Waals surface area (Å²) in [6.45, 7) is 0.0903. The first-order valence-corrected chi connectivity index (χ1v) is 10.8. The molecule has 2 aliphatic rings. The van der Waals surface area contributed by atoms with E-state index in [1.54, 1.807) is 23.8 Å². The van der Waals surface area contributed by atoms with E-state index in [0.29, 0.717) is 16.5 Å². The number of benzene rings is 1. The highest BCUT2D eigenvalue weighted by atomic mass is 32.1. The van der Waals surface area contributed by atoms with Crippen molar-refractivity contribution in [3.05, 3.63) is 65.4 Å². The van der Waals surface area contributed by atoms with E-state index in [4.69, 9.17) is 0 Å². The Morgan fingerprint density at radius 1 is 1.17 bits per heavy atom. The Bertz CT molecular complexity index is 1010. The number of hydrogen-bond donors (Lipinski definition) is 1. The van der Waals surface area contributed by atoms with Gasteiger partial charge < -0.3 is 10.0 Å². The predicted molar refractivity (Wildman–Crippen MR) is 110 cm³/mol. The highest BCUT2D eigenvalue weighted by Crippen LogP contribution is 2.51. The average molecular weight is 407 g/mol. The smallest absolute Gasteiger partial charge is 0.273 e. The number of thiazole rings is 1. The van der Waals surface area contributed by atoms with Crippen molar-refractivity contribution < 1.29 is 9.90 Å². The van der Waals surface area contributed by atoms with Gasteiger partial charge >= 0.3 is 0 Å². The average Bonchev–Trinajstić information content (AvgIpc) is 3.49. The summed E-state index contributed by atoms with van der Waals surface area (Å²) < 4.78 is 0. The first-order valence-electron chi connectivity index (χ1n) is 9.90. The summed E-state index contributed by atoms with van der Waals surface area (Å²) >= 11 is 1.39. The third kappa shape index (κ3) is 3.14. The Kier molecular flexibility index (Phi) is 4.64. The minimum Gasteiger partial charge on any atom is -0.396 e. The van der Waals surface area contributed by atoms with Gasteiger partial charge in [0.05, 0.1) is 6.61 Å². The fraction of sp³-hybridized carbons (Fsp3) is 0.364. The van der Waals surface area contributed by atoms with E-state index in [-0.39, 0.29) is 30.0 Å². The summed E-state index contributed by atoms with van der Waals surface area (Å²) in [5.41, 5.74) is 1.38. The molecule has 29 heavy (non-hydrogen) atoms. The number of fused-ring (bicyclic) bond motifs is 2. The molecule has 7 heteroatoms. The molecule has 2 aromatic heterocycles. The third-order valence-corrected chi connectivity index (χ3v) is 7.12. The van der Waals surface area contributed by atoms with Crippen LogP contribution in [0.4, 0.5) is 0 Å². The second-order valence-corrected chi connectivity index (χ2v) is 8.81. The van der Waals surface area contributed by atoms with Crippen molar-refractivity contribution in [1.82, 2.24) is 19.9 Å². The van der Waals surface area contributed by atoms with Gasteiger partial charge in [-0.2, -0.15) is 0 Å². The minimum absolute atomic E-state index is 0.0423. The fourth-order valence-corrected chi connectivity index (χ4v) is 5.77. The number of nitrogens with zero attached hydrogens (tertiary/aromatic N) is 4. The summed E-state index contributed by atoms with van der Waals surface area (Å²) in [7, 11) is 0. The van der Waals surface area contributed by atoms with Crippen LogP contribution in [0.15, 0.2) is 54.2 Å². The van der Waals surface area contributed by atoms with Crippen LogP contribution >= 0.6 is 11.3 Å². The zero-order chi connectivity index (χ0) is 19.8. The molecule has 1 aromatic carbocycles. The molecule has 3 atom stereocenters. The predicted octanol–water partition coefficient (Wildman–Crippen LogP) is 3.20. The Morgan fingerprint density at radius 3 is 2.72 bits per heavy atom. The Hall–Kier alpha value is -2.64. The minimum atomic E-state index is -0.276. The highest BCUT2D eigenvalue weighted by molar-refractivity contribution is 7.13. The molecular weight excluding hydrogens is 384 g/mol. The quantitative estimate of drug-likeness (QED) is 0.704. The molecule has 6 nitrogen and oxygen atoms in total. The molecule has 5 rings (SSSR count). The molecule has 148 valence electrons. The van der Waals surface area contributed by atoms with Gasteiger partial charge in [-0.25, -0.2) is 15.0 Å². The number of carbonyl (C=O) groups excluding carboxylic acids is 1. The number of hydrogen-bond acceptors (Lipinski definition) is 6. The van der Waals surface area contributed by atoms with E-state index < -0.39 is 0 Å². The SMILES string of the molecule is O=C(c1csc(-c2ncccn2)n1)N1[C@H]2CC[C@@H]1[C@@](CO)(Cc1ccccc1)C2. The van der Waals surface area contributed by atoms with Crippen molar-refractivity contribution in [3.8, 4) is 10.8 Å². The molecule has 4 heterocycles. The van der Waals surface area contributed by atoms with Gasteiger partial charge in [0.15, 0.2) is 10.8 Å². The van der Waals surface area contributed by atoms with Crippen molar-refractivity contribution in [3.63, 3.8) is 0 Å². The van der Waals surface area contributed by atoms with Crippen LogP contribution in [0.1, 0.15) is 35.3 Å². The maximum Gasteiger partial charge on any atom is 0.273 e. The lowest BCUT2D eigenvalue weighted by Gasteiger charge is -2.36. The van der Waals surface area contributed by atoms with Gasteiger partial charge in [0.1, 0.15) is 5.69 Å². The van der Waals surface area contributed by atoms with Gasteiger partial charge in [-0.1, -0.05) is 30.3 Å². The number of aliphatic hydroxyl groups is 1. The lowest BCUT2D eigenvalue weighted by Crippen LogP contribution is -2.44. The zero-order valence-electron chi connectivity index (χ0n) is 15.9. The van der Waals surface area contributed by atoms with Gasteiger partial charge in [0.2, 0.25) is 0 Å². The van der Waals surface area contributed by atoms with Crippen LogP contribution in [0.2, 0.25) is 0 Å². The number of carbonyl (C=O) groups is 1. The summed E-state index contributed by atoms with van der Waals surface area (Å²) in [6.07, 6.45) is 6.90. The molecule has 0 radical (unpaired) electrons. The Morgan fingerprint density at radius 2 is 1.97 bits per heavy atom. The molecule has 1 N–H and O–H groups in total. The molecule has 2 fully saturated rings. The molecule has 2 aliphatic heterocycles. The van der Waals surface area contributed by atoms with Crippen molar-refractivity contribution in [2.24, 2.45) is 5.41 Å². The molecule has 0 spiro atoms. The van der Waals surface area contributed by atoms with E-state index in [0.717, 1.165) is 25.7 Å². The van der Waals surface area contributed by atoms with Gasteiger partial charge in [-0.05, 0) is 37.3 Å². The van der Waals surface area contributed by atoms with E-state index in [1.807, 2.05) is 23.1 Å². The zero-order valence-corrected chi connectivity index (χ0v) is 16.8. The van der Waals surface area contributed by atoms with Crippen LogP contribution < -0.4 is 0 Å². The Labute approximate surface area is 173 Å². The summed E-state index contributed by atoms with van der Waals surface area (Å²) in [5.74, 6) is 0.494. The third-order valence-electron chi connectivity index (χ3n) is 6.28. The van der Waals surface area contributed by atoms with Gasteiger partial charge in [-0.15, -0.1) is 11.3 Å². The van der Waals surface area contributed by atoms with Crippen LogP contribution in [-0.4, -0.2) is 49.6 Å². The van der Waals surface area contributed by atoms with Crippen molar-refractivity contribution in [2.75, 3.05) is 6.61 Å². The lowest BCUT2D eigenvalue weighted by atomic mass is 9.70. The van der Waals surface area contributed by atoms with Crippen LogP contribution in [-0.2, 0) is 6.42 Å². The molecule has 3 aromatic rings. The van der Waals surface area contributed by atoms with Crippen LogP contribution in [0.5, 0.6) is 0 Å². The largest absolute Gasteiger partial charge is 0.396 e. The maximum absolute atomic E-state index is 13.4. The van der Waals surface area contributed by atoms with Crippen LogP contribution in [0, 0.1) is 5.41 Å². The van der Waals surface area contributed by atoms with E-state index >= 15 is 0 Å². The molecular formula is C22H22N4O2S. The number of aromatic nitrogens is 3. The number of amides is 1. The molecule has 2 bridgehead atoms. The molecule has 0 aliphatic carbocycles. The molecule has 2 saturated heterocycles. The monoisotopic (exact) mass is 406 g/mol. The van der Waals surface area contributed by atoms with Gasteiger partial charge in [0, 0.05) is 35.3 Å². The standard InChI is InChI=1S/C22H22N4O2S/c27-14-22(11-15-5-2-1-3-6-15)12-16-7-8-18(22)26(16)21(28)17-13-29-20(25-17)19-23-9-4-10-24-19/h1-6,9-10,13,16,18,27H,7-8,11-12,14H2/t16-,18+,22-/m0/s1. The van der Waals surface area contributed by atoms with Crippen molar-refractivity contribution >= 4 is 17.2 Å². The van der Waals surface area contributed by atoms with Gasteiger partial charge in [-0.3, -0.25) is 4.79 Å². The first-order chi connectivity index (χ1) is 14.2. The van der Waals surface area contributed by atoms with Crippen molar-refractivity contribution in [2.45, 2.75) is 37.8 Å². The maximum atomic E-state index is 13.4. The second kappa shape index (κ2) is 7.31. The van der Waals surface area contributed by atoms with Crippen LogP contribution in [0.3, 0.4) is 0 Å². The molecule has 0 unspecified atom stereocenters. The fourth-order valence-electron chi connectivity index (χ4n) is 5.03. The van der Waals surface area contributed by atoms with E-state index in [2.05, 4.69) is 27.1 Å². The Balaban J connectivity index is 1.40. The number of rotatable bonds is 5. The normalized spacial score (nSPS) is 25.5. The van der Waals surface area contributed by atoms with E-state index in [1.165, 1.54) is 16.9 Å². The summed E-state index contributed by atoms with van der Waals surface area (Å²) in [6, 6.07) is 12.2.